The predicted octanol–water partition coefficient (Wildman–Crippen LogP) is 3.59. The second kappa shape index (κ2) is 8.05. The summed E-state index contributed by atoms with van der Waals surface area (Å²) in [5, 5.41) is 3.51. The zero-order chi connectivity index (χ0) is 20.5. The number of aryl methyl sites for hydroxylation is 2. The fraction of sp³-hybridized carbons (Fsp3) is 0.818. The van der Waals surface area contributed by atoms with E-state index >= 15 is 0 Å². The van der Waals surface area contributed by atoms with Gasteiger partial charge in [-0.2, -0.15) is 0 Å². The first-order chi connectivity index (χ1) is 13.1. The van der Waals surface area contributed by atoms with Crippen molar-refractivity contribution in [3.05, 3.63) is 17.3 Å². The highest BCUT2D eigenvalue weighted by molar-refractivity contribution is 5.82. The number of aromatic nitrogens is 1. The Kier molecular flexibility index (Phi) is 6.08. The largest absolute Gasteiger partial charge is 0.444 e. The molecule has 1 aromatic rings. The molecule has 0 saturated carbocycles. The van der Waals surface area contributed by atoms with Gasteiger partial charge in [0.05, 0.1) is 12.2 Å². The van der Waals surface area contributed by atoms with Gasteiger partial charge in [0.1, 0.15) is 5.76 Å². The number of nitrogens with one attached hydrogen (secondary N) is 1. The Hall–Kier alpha value is -1.56. The van der Waals surface area contributed by atoms with Crippen molar-refractivity contribution in [3.8, 4) is 0 Å². The quantitative estimate of drug-likeness (QED) is 0.616. The smallest absolute Gasteiger partial charge is 0.208 e. The number of guanidine groups is 1. The number of hydrogen-bond donors (Lipinski definition) is 1. The van der Waals surface area contributed by atoms with Gasteiger partial charge in [-0.25, -0.2) is 4.98 Å². The van der Waals surface area contributed by atoms with Crippen molar-refractivity contribution in [3.63, 3.8) is 0 Å². The van der Waals surface area contributed by atoms with Crippen LogP contribution >= 0.6 is 0 Å². The van der Waals surface area contributed by atoms with Crippen LogP contribution in [0.25, 0.3) is 0 Å². The molecule has 0 bridgehead atoms. The molecule has 0 aromatic carbocycles. The van der Waals surface area contributed by atoms with Gasteiger partial charge < -0.3 is 14.6 Å². The first kappa shape index (κ1) is 21.2. The third-order valence-electron chi connectivity index (χ3n) is 7.11. The van der Waals surface area contributed by atoms with E-state index in [0.29, 0.717) is 11.3 Å². The normalized spacial score (nSPS) is 23.0. The maximum atomic E-state index is 5.74. The summed E-state index contributed by atoms with van der Waals surface area (Å²) in [4.78, 5) is 14.4. The van der Waals surface area contributed by atoms with Crippen LogP contribution in [0.4, 0.5) is 0 Å². The van der Waals surface area contributed by atoms with E-state index in [9.17, 15) is 0 Å². The molecule has 0 unspecified atom stereocenters. The van der Waals surface area contributed by atoms with Crippen LogP contribution in [0.1, 0.15) is 64.8 Å². The lowest BCUT2D eigenvalue weighted by Gasteiger charge is -2.62. The predicted molar refractivity (Wildman–Crippen MR) is 115 cm³/mol. The SMILES string of the molecule is CCNC(=NCC1CCN(Cc2nc(C)c(C)o2)CC1)N1CC(C)(C)C1(C)C. The molecule has 0 atom stereocenters. The highest BCUT2D eigenvalue weighted by atomic mass is 16.4. The van der Waals surface area contributed by atoms with Gasteiger partial charge >= 0.3 is 0 Å². The zero-order valence-corrected chi connectivity index (χ0v) is 18.9. The fourth-order valence-electron chi connectivity index (χ4n) is 4.14. The van der Waals surface area contributed by atoms with Crippen molar-refractivity contribution >= 4 is 5.96 Å². The molecule has 0 aliphatic carbocycles. The van der Waals surface area contributed by atoms with E-state index in [2.05, 4.69) is 54.7 Å². The van der Waals surface area contributed by atoms with Crippen molar-refractivity contribution in [2.45, 2.75) is 73.4 Å². The topological polar surface area (TPSA) is 56.9 Å². The van der Waals surface area contributed by atoms with Gasteiger partial charge in [-0.15, -0.1) is 0 Å². The Morgan fingerprint density at radius 1 is 1.21 bits per heavy atom. The van der Waals surface area contributed by atoms with E-state index in [1.807, 2.05) is 13.8 Å². The van der Waals surface area contributed by atoms with E-state index in [1.54, 1.807) is 0 Å². The van der Waals surface area contributed by atoms with Gasteiger partial charge in [0.2, 0.25) is 5.89 Å². The van der Waals surface area contributed by atoms with Crippen LogP contribution in [0.5, 0.6) is 0 Å². The Morgan fingerprint density at radius 3 is 2.39 bits per heavy atom. The van der Waals surface area contributed by atoms with Crippen LogP contribution in [-0.2, 0) is 6.54 Å². The van der Waals surface area contributed by atoms with Crippen LogP contribution in [0.3, 0.4) is 0 Å². The van der Waals surface area contributed by atoms with E-state index < -0.39 is 0 Å². The van der Waals surface area contributed by atoms with Crippen molar-refractivity contribution in [2.24, 2.45) is 16.3 Å². The number of likely N-dealkylation sites (tertiary alicyclic amines) is 2. The van der Waals surface area contributed by atoms with Crippen LogP contribution < -0.4 is 5.32 Å². The molecule has 158 valence electrons. The molecule has 0 amide bonds. The van der Waals surface area contributed by atoms with Crippen molar-refractivity contribution < 1.29 is 4.42 Å². The van der Waals surface area contributed by atoms with Gasteiger partial charge in [0, 0.05) is 30.6 Å². The number of nitrogens with zero attached hydrogens (tertiary/aromatic N) is 4. The number of piperidine rings is 1. The first-order valence-corrected chi connectivity index (χ1v) is 10.8. The van der Waals surface area contributed by atoms with Gasteiger partial charge in [0.15, 0.2) is 5.96 Å². The second-order valence-electron chi connectivity index (χ2n) is 9.69. The third-order valence-corrected chi connectivity index (χ3v) is 7.11. The molecular formula is C22H39N5O. The molecule has 1 N–H and O–H groups in total. The van der Waals surface area contributed by atoms with Crippen molar-refractivity contribution in [1.82, 2.24) is 20.1 Å². The molecule has 2 aliphatic heterocycles. The van der Waals surface area contributed by atoms with E-state index in [4.69, 9.17) is 9.41 Å². The molecule has 2 fully saturated rings. The summed E-state index contributed by atoms with van der Waals surface area (Å²) >= 11 is 0. The third kappa shape index (κ3) is 4.22. The summed E-state index contributed by atoms with van der Waals surface area (Å²) in [6.45, 7) is 21.4. The summed E-state index contributed by atoms with van der Waals surface area (Å²) in [5.74, 6) is 3.53. The van der Waals surface area contributed by atoms with Gasteiger partial charge in [-0.3, -0.25) is 9.89 Å². The Balaban J connectivity index is 1.51. The minimum absolute atomic E-state index is 0.143. The van der Waals surface area contributed by atoms with Crippen molar-refractivity contribution in [2.75, 3.05) is 32.7 Å². The lowest BCUT2D eigenvalue weighted by molar-refractivity contribution is -0.0668. The van der Waals surface area contributed by atoms with Gasteiger partial charge in [-0.05, 0) is 66.5 Å². The summed E-state index contributed by atoms with van der Waals surface area (Å²) in [6.07, 6.45) is 2.38. The fourth-order valence-corrected chi connectivity index (χ4v) is 4.14. The summed E-state index contributed by atoms with van der Waals surface area (Å²) in [5.41, 5.74) is 1.47. The van der Waals surface area contributed by atoms with Crippen molar-refractivity contribution in [1.29, 1.82) is 0 Å². The summed E-state index contributed by atoms with van der Waals surface area (Å²) in [6, 6.07) is 0. The van der Waals surface area contributed by atoms with Gasteiger partial charge in [0.25, 0.3) is 0 Å². The minimum Gasteiger partial charge on any atom is -0.444 e. The van der Waals surface area contributed by atoms with E-state index in [-0.39, 0.29) is 5.54 Å². The standard InChI is InChI=1S/C22H39N5O/c1-8-23-20(27-15-21(4,5)22(27,6)7)24-13-18-9-11-26(12-10-18)14-19-25-16(2)17(3)28-19/h18H,8-15H2,1-7H3,(H,23,24). The monoisotopic (exact) mass is 389 g/mol. The molecule has 2 aliphatic rings. The second-order valence-corrected chi connectivity index (χ2v) is 9.69. The number of aliphatic imine (C=N–C) groups is 1. The molecular weight excluding hydrogens is 350 g/mol. The molecule has 0 spiro atoms. The first-order valence-electron chi connectivity index (χ1n) is 10.8. The Bertz CT molecular complexity index is 678. The molecule has 3 heterocycles. The maximum absolute atomic E-state index is 5.74. The lowest BCUT2D eigenvalue weighted by Crippen LogP contribution is -2.72. The molecule has 0 radical (unpaired) electrons. The Labute approximate surface area is 170 Å². The number of hydrogen-bond acceptors (Lipinski definition) is 4. The van der Waals surface area contributed by atoms with Crippen LogP contribution in [-0.4, -0.2) is 59.0 Å². The highest BCUT2D eigenvalue weighted by Crippen LogP contribution is 2.46. The summed E-state index contributed by atoms with van der Waals surface area (Å²) < 4.78 is 5.74. The van der Waals surface area contributed by atoms with Crippen LogP contribution in [0.15, 0.2) is 9.41 Å². The number of oxazole rings is 1. The van der Waals surface area contributed by atoms with Gasteiger partial charge in [-0.1, -0.05) is 13.8 Å². The highest BCUT2D eigenvalue weighted by Gasteiger charge is 2.53. The average molecular weight is 390 g/mol. The molecule has 1 aromatic heterocycles. The lowest BCUT2D eigenvalue weighted by atomic mass is 9.65. The van der Waals surface area contributed by atoms with Crippen LogP contribution in [0.2, 0.25) is 0 Å². The molecule has 6 nitrogen and oxygen atoms in total. The molecule has 2 saturated heterocycles. The number of rotatable bonds is 5. The Morgan fingerprint density at radius 2 is 1.89 bits per heavy atom. The molecule has 28 heavy (non-hydrogen) atoms. The molecule has 6 heteroatoms. The maximum Gasteiger partial charge on any atom is 0.208 e. The van der Waals surface area contributed by atoms with E-state index in [1.165, 1.54) is 12.8 Å². The minimum atomic E-state index is 0.143. The van der Waals surface area contributed by atoms with E-state index in [0.717, 1.165) is 62.6 Å². The molecule has 3 rings (SSSR count). The zero-order valence-electron chi connectivity index (χ0n) is 18.9. The average Bonchev–Trinajstić information content (AvgIpc) is 2.95. The summed E-state index contributed by atoms with van der Waals surface area (Å²) in [7, 11) is 0. The van der Waals surface area contributed by atoms with Crippen LogP contribution in [0, 0.1) is 25.2 Å².